The number of hydrogen-bond donors (Lipinski definition) is 1. The fraction of sp³-hybridized carbons (Fsp3) is 0.250. The number of ether oxygens (including phenoxy) is 1. The molecule has 0 atom stereocenters. The van der Waals surface area contributed by atoms with Gasteiger partial charge in [-0.2, -0.15) is 5.10 Å². The third-order valence-corrected chi connectivity index (χ3v) is 3.84. The van der Waals surface area contributed by atoms with E-state index in [-0.39, 0.29) is 12.4 Å². The van der Waals surface area contributed by atoms with E-state index in [1.54, 1.807) is 51.1 Å². The van der Waals surface area contributed by atoms with E-state index in [0.717, 1.165) is 16.5 Å². The summed E-state index contributed by atoms with van der Waals surface area (Å²) in [4.78, 5) is 24.9. The lowest BCUT2D eigenvalue weighted by Crippen LogP contribution is -2.34. The van der Waals surface area contributed by atoms with E-state index in [4.69, 9.17) is 4.74 Å². The zero-order valence-corrected chi connectivity index (χ0v) is 15.3. The Hall–Kier alpha value is -3.22. The number of anilines is 1. The molecule has 27 heavy (non-hydrogen) atoms. The Bertz CT molecular complexity index is 974. The number of fused-ring (bicyclic) bond motifs is 1. The van der Waals surface area contributed by atoms with E-state index in [2.05, 4.69) is 10.2 Å². The summed E-state index contributed by atoms with van der Waals surface area (Å²) in [6.45, 7) is 5.10. The maximum Gasteiger partial charge on any atom is 0.326 e. The van der Waals surface area contributed by atoms with Gasteiger partial charge in [0.25, 0.3) is 0 Å². The molecule has 0 saturated carbocycles. The molecule has 1 aromatic heterocycles. The van der Waals surface area contributed by atoms with Crippen LogP contribution in [0.5, 0.6) is 0 Å². The molecule has 0 bridgehead atoms. The first-order valence-corrected chi connectivity index (χ1v) is 8.45. The number of rotatable bonds is 5. The molecule has 0 spiro atoms. The van der Waals surface area contributed by atoms with Crippen LogP contribution in [-0.4, -0.2) is 34.7 Å². The standard InChI is InChI=1S/C20H20FN3O3/c1-20(2,3)27-18(26)11-24(12-25)15-8-9-17-16(10-15)19(23-22-17)13-4-6-14(21)7-5-13/h4-10,12H,11H2,1-3H3,(H,22,23). The van der Waals surface area contributed by atoms with E-state index >= 15 is 0 Å². The molecule has 0 aliphatic rings. The van der Waals surface area contributed by atoms with Crippen LogP contribution in [-0.2, 0) is 14.3 Å². The fourth-order valence-corrected chi connectivity index (χ4v) is 2.71. The number of aromatic amines is 1. The van der Waals surface area contributed by atoms with Crippen molar-refractivity contribution in [2.24, 2.45) is 0 Å². The van der Waals surface area contributed by atoms with Crippen LogP contribution < -0.4 is 4.90 Å². The Morgan fingerprint density at radius 3 is 2.56 bits per heavy atom. The minimum absolute atomic E-state index is 0.198. The third-order valence-electron chi connectivity index (χ3n) is 3.84. The molecule has 3 aromatic rings. The molecule has 140 valence electrons. The van der Waals surface area contributed by atoms with Crippen molar-refractivity contribution in [1.29, 1.82) is 0 Å². The van der Waals surface area contributed by atoms with Crippen molar-refractivity contribution in [3.63, 3.8) is 0 Å². The molecule has 1 heterocycles. The Morgan fingerprint density at radius 2 is 1.93 bits per heavy atom. The highest BCUT2D eigenvalue weighted by molar-refractivity contribution is 5.97. The predicted octanol–water partition coefficient (Wildman–Crippen LogP) is 3.67. The molecule has 0 aliphatic carbocycles. The van der Waals surface area contributed by atoms with Crippen molar-refractivity contribution in [2.75, 3.05) is 11.4 Å². The Kier molecular flexibility index (Phi) is 4.94. The van der Waals surface area contributed by atoms with Crippen LogP contribution in [0.4, 0.5) is 10.1 Å². The molecular weight excluding hydrogens is 349 g/mol. The van der Waals surface area contributed by atoms with Gasteiger partial charge in [0.05, 0.1) is 11.2 Å². The van der Waals surface area contributed by atoms with Crippen molar-refractivity contribution in [2.45, 2.75) is 26.4 Å². The zero-order chi connectivity index (χ0) is 19.6. The van der Waals surface area contributed by atoms with Crippen molar-refractivity contribution in [1.82, 2.24) is 10.2 Å². The number of H-pyrrole nitrogens is 1. The summed E-state index contributed by atoms with van der Waals surface area (Å²) in [5.41, 5.74) is 2.05. The number of aromatic nitrogens is 2. The summed E-state index contributed by atoms with van der Waals surface area (Å²) < 4.78 is 18.5. The van der Waals surface area contributed by atoms with E-state index in [0.29, 0.717) is 17.8 Å². The van der Waals surface area contributed by atoms with E-state index < -0.39 is 11.6 Å². The van der Waals surface area contributed by atoms with Gasteiger partial charge in [0.2, 0.25) is 6.41 Å². The second kappa shape index (κ2) is 7.19. The zero-order valence-electron chi connectivity index (χ0n) is 15.3. The number of hydrogen-bond acceptors (Lipinski definition) is 4. The van der Waals surface area contributed by atoms with Gasteiger partial charge in [-0.3, -0.25) is 14.7 Å². The number of benzene rings is 2. The quantitative estimate of drug-likeness (QED) is 0.550. The van der Waals surface area contributed by atoms with Crippen LogP contribution in [0.15, 0.2) is 42.5 Å². The summed E-state index contributed by atoms with van der Waals surface area (Å²) in [6, 6.07) is 11.2. The number of carbonyl (C=O) groups is 2. The lowest BCUT2D eigenvalue weighted by Gasteiger charge is -2.22. The second-order valence-electron chi connectivity index (χ2n) is 7.13. The number of nitrogens with zero attached hydrogens (tertiary/aromatic N) is 2. The largest absolute Gasteiger partial charge is 0.459 e. The molecular formula is C20H20FN3O3. The lowest BCUT2D eigenvalue weighted by molar-refractivity contribution is -0.153. The summed E-state index contributed by atoms with van der Waals surface area (Å²) in [5, 5.41) is 7.96. The maximum atomic E-state index is 13.2. The van der Waals surface area contributed by atoms with E-state index in [9.17, 15) is 14.0 Å². The summed E-state index contributed by atoms with van der Waals surface area (Å²) in [5.74, 6) is -0.829. The smallest absolute Gasteiger partial charge is 0.326 e. The molecule has 6 nitrogen and oxygen atoms in total. The monoisotopic (exact) mass is 369 g/mol. The minimum atomic E-state index is -0.629. The van der Waals surface area contributed by atoms with Crippen LogP contribution in [0.25, 0.3) is 22.2 Å². The molecule has 0 radical (unpaired) electrons. The van der Waals surface area contributed by atoms with E-state index in [1.807, 2.05) is 0 Å². The number of carbonyl (C=O) groups excluding carboxylic acids is 2. The molecule has 7 heteroatoms. The van der Waals surface area contributed by atoms with E-state index in [1.165, 1.54) is 17.0 Å². The molecule has 0 fully saturated rings. The molecule has 0 unspecified atom stereocenters. The van der Waals surface area contributed by atoms with Crippen molar-refractivity contribution >= 4 is 29.0 Å². The molecule has 3 rings (SSSR count). The van der Waals surface area contributed by atoms with Gasteiger partial charge >= 0.3 is 5.97 Å². The average molecular weight is 369 g/mol. The van der Waals surface area contributed by atoms with Crippen LogP contribution in [0.3, 0.4) is 0 Å². The average Bonchev–Trinajstić information content (AvgIpc) is 3.02. The van der Waals surface area contributed by atoms with Gasteiger partial charge in [0.1, 0.15) is 18.0 Å². The van der Waals surface area contributed by atoms with Crippen LogP contribution >= 0.6 is 0 Å². The SMILES string of the molecule is CC(C)(C)OC(=O)CN(C=O)c1ccc2[nH]nc(-c3ccc(F)cc3)c2c1. The first-order chi connectivity index (χ1) is 12.8. The van der Waals surface area contributed by atoms with Crippen molar-refractivity contribution < 1.29 is 18.7 Å². The first-order valence-electron chi connectivity index (χ1n) is 8.45. The topological polar surface area (TPSA) is 75.3 Å². The Labute approximate surface area is 155 Å². The molecule has 0 saturated heterocycles. The van der Waals surface area contributed by atoms with Gasteiger partial charge in [0.15, 0.2) is 0 Å². The second-order valence-corrected chi connectivity index (χ2v) is 7.13. The summed E-state index contributed by atoms with van der Waals surface area (Å²) in [7, 11) is 0. The highest BCUT2D eigenvalue weighted by atomic mass is 19.1. The number of halogens is 1. The van der Waals surface area contributed by atoms with Gasteiger partial charge in [-0.15, -0.1) is 0 Å². The van der Waals surface area contributed by atoms with Gasteiger partial charge in [-0.1, -0.05) is 0 Å². The number of esters is 1. The maximum absolute atomic E-state index is 13.2. The summed E-state index contributed by atoms with van der Waals surface area (Å²) in [6.07, 6.45) is 0.586. The van der Waals surface area contributed by atoms with Gasteiger partial charge in [-0.25, -0.2) is 4.39 Å². The van der Waals surface area contributed by atoms with Crippen molar-refractivity contribution in [3.05, 3.63) is 48.3 Å². The number of amides is 1. The molecule has 2 aromatic carbocycles. The molecule has 0 aliphatic heterocycles. The highest BCUT2D eigenvalue weighted by Crippen LogP contribution is 2.29. The normalized spacial score (nSPS) is 11.4. The van der Waals surface area contributed by atoms with Crippen molar-refractivity contribution in [3.8, 4) is 11.3 Å². The van der Waals surface area contributed by atoms with Crippen LogP contribution in [0.1, 0.15) is 20.8 Å². The fourth-order valence-electron chi connectivity index (χ4n) is 2.71. The summed E-state index contributed by atoms with van der Waals surface area (Å²) >= 11 is 0. The number of nitrogens with one attached hydrogen (secondary N) is 1. The Morgan fingerprint density at radius 1 is 1.22 bits per heavy atom. The van der Waals surface area contributed by atoms with Crippen LogP contribution in [0.2, 0.25) is 0 Å². The first kappa shape index (κ1) is 18.6. The van der Waals surface area contributed by atoms with Gasteiger partial charge < -0.3 is 9.64 Å². The lowest BCUT2D eigenvalue weighted by atomic mass is 10.1. The predicted molar refractivity (Wildman–Crippen MR) is 101 cm³/mol. The van der Waals surface area contributed by atoms with Gasteiger partial charge in [0, 0.05) is 16.6 Å². The van der Waals surface area contributed by atoms with Crippen LogP contribution in [0, 0.1) is 5.82 Å². The molecule has 1 N–H and O–H groups in total. The minimum Gasteiger partial charge on any atom is -0.459 e. The molecule has 1 amide bonds. The Balaban J connectivity index is 1.92. The van der Waals surface area contributed by atoms with Gasteiger partial charge in [-0.05, 0) is 63.2 Å². The highest BCUT2D eigenvalue weighted by Gasteiger charge is 2.20. The third kappa shape index (κ3) is 4.31.